The first-order valence-corrected chi connectivity index (χ1v) is 7.60. The van der Waals surface area contributed by atoms with E-state index in [0.29, 0.717) is 17.9 Å². The molecule has 118 valence electrons. The molecule has 3 atom stereocenters. The van der Waals surface area contributed by atoms with Crippen LogP contribution in [0.4, 0.5) is 5.82 Å². The third kappa shape index (κ3) is 1.73. The SMILES string of the molecule is Nc1ncnc2c1ccn2[C@@H]1C[C@]2(C[C@@H](CO)C2)[C@@H](O)[C@H]1O. The summed E-state index contributed by atoms with van der Waals surface area (Å²) >= 11 is 0. The van der Waals surface area contributed by atoms with Crippen molar-refractivity contribution in [2.45, 2.75) is 37.5 Å². The van der Waals surface area contributed by atoms with Crippen molar-refractivity contribution in [2.24, 2.45) is 11.3 Å². The van der Waals surface area contributed by atoms with Crippen molar-refractivity contribution >= 4 is 16.9 Å². The largest absolute Gasteiger partial charge is 0.396 e. The van der Waals surface area contributed by atoms with Gasteiger partial charge in [0.2, 0.25) is 0 Å². The van der Waals surface area contributed by atoms with Crippen LogP contribution in [-0.2, 0) is 0 Å². The van der Waals surface area contributed by atoms with E-state index >= 15 is 0 Å². The van der Waals surface area contributed by atoms with E-state index in [2.05, 4.69) is 9.97 Å². The van der Waals surface area contributed by atoms with Crippen molar-refractivity contribution in [1.29, 1.82) is 0 Å². The molecule has 2 saturated carbocycles. The van der Waals surface area contributed by atoms with Crippen LogP contribution in [-0.4, -0.2) is 48.7 Å². The van der Waals surface area contributed by atoms with Gasteiger partial charge in [-0.3, -0.25) is 0 Å². The summed E-state index contributed by atoms with van der Waals surface area (Å²) in [5.41, 5.74) is 6.25. The van der Waals surface area contributed by atoms with Crippen LogP contribution in [0.1, 0.15) is 25.3 Å². The normalized spacial score (nSPS) is 37.8. The molecule has 2 aliphatic carbocycles. The zero-order valence-corrected chi connectivity index (χ0v) is 12.1. The number of nitrogens with two attached hydrogens (primary N) is 1. The molecule has 22 heavy (non-hydrogen) atoms. The molecule has 0 bridgehead atoms. The molecule has 0 aromatic carbocycles. The van der Waals surface area contributed by atoms with Crippen LogP contribution in [0.2, 0.25) is 0 Å². The van der Waals surface area contributed by atoms with E-state index in [9.17, 15) is 15.3 Å². The molecule has 2 aromatic heterocycles. The Hall–Kier alpha value is -1.70. The number of anilines is 1. The summed E-state index contributed by atoms with van der Waals surface area (Å²) < 4.78 is 1.89. The lowest BCUT2D eigenvalue weighted by molar-refractivity contribution is -0.0936. The van der Waals surface area contributed by atoms with Crippen molar-refractivity contribution in [2.75, 3.05) is 12.3 Å². The van der Waals surface area contributed by atoms with E-state index in [0.717, 1.165) is 18.2 Å². The zero-order valence-electron chi connectivity index (χ0n) is 12.1. The Morgan fingerprint density at radius 3 is 2.77 bits per heavy atom. The van der Waals surface area contributed by atoms with Crippen LogP contribution in [0.3, 0.4) is 0 Å². The molecule has 5 N–H and O–H groups in total. The molecule has 2 aromatic rings. The quantitative estimate of drug-likeness (QED) is 0.623. The van der Waals surface area contributed by atoms with Crippen LogP contribution < -0.4 is 5.73 Å². The third-order valence-corrected chi connectivity index (χ3v) is 5.51. The maximum absolute atomic E-state index is 10.5. The number of nitrogens with zero attached hydrogens (tertiary/aromatic N) is 3. The fraction of sp³-hybridized carbons (Fsp3) is 0.600. The number of nitrogen functional groups attached to an aromatic ring is 1. The molecule has 0 unspecified atom stereocenters. The second-order valence-corrected chi connectivity index (χ2v) is 6.75. The van der Waals surface area contributed by atoms with Gasteiger partial charge < -0.3 is 25.6 Å². The average Bonchev–Trinajstić information content (AvgIpc) is 3.00. The van der Waals surface area contributed by atoms with Gasteiger partial charge in [0.05, 0.1) is 17.5 Å². The summed E-state index contributed by atoms with van der Waals surface area (Å²) in [7, 11) is 0. The van der Waals surface area contributed by atoms with Crippen molar-refractivity contribution in [3.05, 3.63) is 18.6 Å². The second kappa shape index (κ2) is 4.65. The maximum Gasteiger partial charge on any atom is 0.145 e. The summed E-state index contributed by atoms with van der Waals surface area (Å²) in [6, 6.07) is 1.60. The molecular formula is C15H20N4O3. The van der Waals surface area contributed by atoms with Crippen molar-refractivity contribution in [3.63, 3.8) is 0 Å². The van der Waals surface area contributed by atoms with Gasteiger partial charge in [-0.15, -0.1) is 0 Å². The predicted molar refractivity (Wildman–Crippen MR) is 79.9 cm³/mol. The number of fused-ring (bicyclic) bond motifs is 1. The Balaban J connectivity index is 1.69. The minimum absolute atomic E-state index is 0.144. The monoisotopic (exact) mass is 304 g/mol. The smallest absolute Gasteiger partial charge is 0.145 e. The summed E-state index contributed by atoms with van der Waals surface area (Å²) in [4.78, 5) is 8.24. The van der Waals surface area contributed by atoms with Crippen LogP contribution in [0.25, 0.3) is 11.0 Å². The van der Waals surface area contributed by atoms with Gasteiger partial charge >= 0.3 is 0 Å². The number of aliphatic hydroxyl groups excluding tert-OH is 3. The van der Waals surface area contributed by atoms with Crippen LogP contribution >= 0.6 is 0 Å². The first kappa shape index (κ1) is 13.9. The van der Waals surface area contributed by atoms with Gasteiger partial charge in [-0.2, -0.15) is 0 Å². The minimum atomic E-state index is -0.841. The maximum atomic E-state index is 10.5. The van der Waals surface area contributed by atoms with Gasteiger partial charge in [0.1, 0.15) is 23.9 Å². The molecule has 4 rings (SSSR count). The molecule has 7 heteroatoms. The standard InChI is InChI=1S/C15H20N4O3/c16-13-9-1-2-19(14(9)18-7-17-13)10-5-15(12(22)11(10)21)3-8(4-15)6-20/h1-2,7-8,10-12,20-22H,3-6H2,(H2,16,17,18)/t8-,10-,11+,12+,15-/m1/s1. The highest BCUT2D eigenvalue weighted by atomic mass is 16.3. The van der Waals surface area contributed by atoms with Gasteiger partial charge in [0, 0.05) is 18.2 Å². The van der Waals surface area contributed by atoms with Crippen molar-refractivity contribution < 1.29 is 15.3 Å². The Kier molecular flexibility index (Phi) is 2.94. The molecule has 2 fully saturated rings. The lowest BCUT2D eigenvalue weighted by Gasteiger charge is -2.47. The van der Waals surface area contributed by atoms with E-state index in [1.54, 1.807) is 0 Å². The topological polar surface area (TPSA) is 117 Å². The highest BCUT2D eigenvalue weighted by Gasteiger charge is 2.59. The average molecular weight is 304 g/mol. The number of rotatable bonds is 2. The van der Waals surface area contributed by atoms with E-state index in [1.807, 2.05) is 16.8 Å². The van der Waals surface area contributed by atoms with Gasteiger partial charge in [0.15, 0.2) is 0 Å². The molecule has 1 spiro atoms. The first-order chi connectivity index (χ1) is 10.6. The van der Waals surface area contributed by atoms with E-state index in [4.69, 9.17) is 5.73 Å². The lowest BCUT2D eigenvalue weighted by atomic mass is 9.60. The van der Waals surface area contributed by atoms with Crippen molar-refractivity contribution in [1.82, 2.24) is 14.5 Å². The molecule has 0 aliphatic heterocycles. The first-order valence-electron chi connectivity index (χ1n) is 7.60. The summed E-state index contributed by atoms with van der Waals surface area (Å²) in [5.74, 6) is 0.649. The Morgan fingerprint density at radius 1 is 1.27 bits per heavy atom. The minimum Gasteiger partial charge on any atom is -0.396 e. The third-order valence-electron chi connectivity index (χ3n) is 5.51. The number of hydrogen-bond donors (Lipinski definition) is 4. The van der Waals surface area contributed by atoms with Gasteiger partial charge in [-0.05, 0) is 31.2 Å². The number of hydrogen-bond acceptors (Lipinski definition) is 6. The number of aromatic nitrogens is 3. The molecular weight excluding hydrogens is 284 g/mol. The Labute approximate surface area is 127 Å². The molecule has 2 heterocycles. The predicted octanol–water partition coefficient (Wildman–Crippen LogP) is 0.0688. The Morgan fingerprint density at radius 2 is 2.05 bits per heavy atom. The Bertz CT molecular complexity index is 710. The highest BCUT2D eigenvalue weighted by molar-refractivity contribution is 5.86. The van der Waals surface area contributed by atoms with Gasteiger partial charge in [-0.1, -0.05) is 0 Å². The van der Waals surface area contributed by atoms with Gasteiger partial charge in [-0.25, -0.2) is 9.97 Å². The highest BCUT2D eigenvalue weighted by Crippen LogP contribution is 2.59. The molecule has 7 nitrogen and oxygen atoms in total. The van der Waals surface area contributed by atoms with Crippen LogP contribution in [0, 0.1) is 11.3 Å². The zero-order chi connectivity index (χ0) is 15.5. The van der Waals surface area contributed by atoms with Crippen molar-refractivity contribution in [3.8, 4) is 0 Å². The van der Waals surface area contributed by atoms with E-state index < -0.39 is 12.2 Å². The summed E-state index contributed by atoms with van der Waals surface area (Å²) in [6.07, 6.45) is 3.84. The summed E-state index contributed by atoms with van der Waals surface area (Å²) in [5, 5.41) is 31.0. The molecule has 0 saturated heterocycles. The fourth-order valence-corrected chi connectivity index (χ4v) is 4.38. The number of aliphatic hydroxyl groups is 3. The second-order valence-electron chi connectivity index (χ2n) is 6.75. The fourth-order valence-electron chi connectivity index (χ4n) is 4.38. The molecule has 2 aliphatic rings. The molecule has 0 radical (unpaired) electrons. The van der Waals surface area contributed by atoms with E-state index in [1.165, 1.54) is 6.33 Å². The van der Waals surface area contributed by atoms with E-state index in [-0.39, 0.29) is 24.0 Å². The summed E-state index contributed by atoms with van der Waals surface area (Å²) in [6.45, 7) is 0.144. The lowest BCUT2D eigenvalue weighted by Crippen LogP contribution is -2.47. The van der Waals surface area contributed by atoms with Gasteiger partial charge in [0.25, 0.3) is 0 Å². The van der Waals surface area contributed by atoms with Crippen LogP contribution in [0.15, 0.2) is 18.6 Å². The molecule has 0 amide bonds. The van der Waals surface area contributed by atoms with Crippen LogP contribution in [0.5, 0.6) is 0 Å².